The standard InChI is InChI=1S/C14H34N4/c1-3-15-11-7-13-17-9-5-6-10-18-14-8-12-16-4-2/h15-18H,3-14H2,1-2H3/i1D3,2D3,3D2,4D2. The molecule has 18 heavy (non-hydrogen) atoms. The van der Waals surface area contributed by atoms with Crippen LogP contribution in [-0.2, 0) is 0 Å². The molecule has 0 radical (unpaired) electrons. The van der Waals surface area contributed by atoms with Gasteiger partial charge in [-0.25, -0.2) is 0 Å². The van der Waals surface area contributed by atoms with E-state index in [1.807, 2.05) is 0 Å². The first kappa shape index (κ1) is 7.02. The molecule has 0 aliphatic carbocycles. The lowest BCUT2D eigenvalue weighted by Crippen LogP contribution is -2.24. The molecule has 0 aromatic carbocycles. The third-order valence-electron chi connectivity index (χ3n) is 2.44. The van der Waals surface area contributed by atoms with Gasteiger partial charge in [-0.1, -0.05) is 13.7 Å². The number of unbranched alkanes of at least 4 members (excludes halogenated alkanes) is 1. The van der Waals surface area contributed by atoms with Crippen molar-refractivity contribution in [2.24, 2.45) is 0 Å². The fourth-order valence-corrected chi connectivity index (χ4v) is 1.48. The molecule has 0 heterocycles. The third-order valence-corrected chi connectivity index (χ3v) is 2.44. The number of hydrogen-bond acceptors (Lipinski definition) is 4. The van der Waals surface area contributed by atoms with Gasteiger partial charge in [-0.05, 0) is 77.9 Å². The van der Waals surface area contributed by atoms with Crippen LogP contribution in [0.25, 0.3) is 0 Å². The maximum Gasteiger partial charge on any atom is 0.0425 e. The normalized spacial score (nSPS) is 22.2. The van der Waals surface area contributed by atoms with Gasteiger partial charge in [0.15, 0.2) is 0 Å². The van der Waals surface area contributed by atoms with E-state index in [0.29, 0.717) is 25.9 Å². The quantitative estimate of drug-likeness (QED) is 0.334. The summed E-state index contributed by atoms with van der Waals surface area (Å²) in [5.41, 5.74) is 0. The van der Waals surface area contributed by atoms with Crippen molar-refractivity contribution in [1.82, 2.24) is 21.3 Å². The molecule has 0 bridgehead atoms. The zero-order valence-electron chi connectivity index (χ0n) is 21.1. The van der Waals surface area contributed by atoms with Crippen molar-refractivity contribution in [1.29, 1.82) is 0 Å². The molecule has 0 spiro atoms. The van der Waals surface area contributed by atoms with Crippen LogP contribution in [0.4, 0.5) is 0 Å². The summed E-state index contributed by atoms with van der Waals surface area (Å²) < 4.78 is 72.1. The van der Waals surface area contributed by atoms with E-state index in [1.165, 1.54) is 0 Å². The monoisotopic (exact) mass is 268 g/mol. The van der Waals surface area contributed by atoms with Gasteiger partial charge in [0.1, 0.15) is 0 Å². The van der Waals surface area contributed by atoms with Crippen molar-refractivity contribution in [3.8, 4) is 0 Å². The number of rotatable bonds is 15. The van der Waals surface area contributed by atoms with Crippen LogP contribution in [0.1, 0.15) is 53.1 Å². The zero-order valence-corrected chi connectivity index (χ0v) is 11.1. The molecule has 0 aromatic heterocycles. The fraction of sp³-hybridized carbons (Fsp3) is 1.00. The summed E-state index contributed by atoms with van der Waals surface area (Å²) in [6.45, 7) is -6.55. The molecule has 4 nitrogen and oxygen atoms in total. The Morgan fingerprint density at radius 2 is 1.00 bits per heavy atom. The lowest BCUT2D eigenvalue weighted by atomic mass is 10.3. The van der Waals surface area contributed by atoms with Gasteiger partial charge >= 0.3 is 0 Å². The maximum absolute atomic E-state index is 7.41. The van der Waals surface area contributed by atoms with E-state index in [9.17, 15) is 0 Å². The Morgan fingerprint density at radius 1 is 0.611 bits per heavy atom. The Balaban J connectivity index is 3.44. The second-order valence-electron chi connectivity index (χ2n) is 4.02. The Labute approximate surface area is 128 Å². The predicted octanol–water partition coefficient (Wildman–Crippen LogP) is 0.945. The Hall–Kier alpha value is -0.160. The maximum atomic E-state index is 7.41. The van der Waals surface area contributed by atoms with E-state index in [4.69, 9.17) is 13.7 Å². The van der Waals surface area contributed by atoms with E-state index >= 15 is 0 Å². The SMILES string of the molecule is [2H]C([2H])([2H])C([2H])([2H])NCCCNCCCCNCCCNC([2H])([2H])C([2H])([2H])[2H]. The van der Waals surface area contributed by atoms with Crippen molar-refractivity contribution in [2.45, 2.75) is 39.4 Å². The summed E-state index contributed by atoms with van der Waals surface area (Å²) >= 11 is 0. The lowest BCUT2D eigenvalue weighted by molar-refractivity contribution is 0.552. The highest BCUT2D eigenvalue weighted by molar-refractivity contribution is 4.54. The molecule has 4 N–H and O–H groups in total. The average molecular weight is 269 g/mol. The summed E-state index contributed by atoms with van der Waals surface area (Å²) in [7, 11) is 0. The van der Waals surface area contributed by atoms with Crippen molar-refractivity contribution < 1.29 is 13.7 Å². The molecule has 0 atom stereocenters. The van der Waals surface area contributed by atoms with E-state index in [-0.39, 0.29) is 13.1 Å². The Bertz CT molecular complexity index is 374. The fourth-order valence-electron chi connectivity index (χ4n) is 1.48. The first-order valence-corrected chi connectivity index (χ1v) is 6.62. The van der Waals surface area contributed by atoms with Crippen LogP contribution >= 0.6 is 0 Å². The van der Waals surface area contributed by atoms with Gasteiger partial charge in [0.2, 0.25) is 0 Å². The molecule has 4 heteroatoms. The minimum atomic E-state index is -2.68. The van der Waals surface area contributed by atoms with Gasteiger partial charge < -0.3 is 21.3 Å². The molecule has 0 saturated heterocycles. The van der Waals surface area contributed by atoms with E-state index in [1.54, 1.807) is 0 Å². The van der Waals surface area contributed by atoms with Crippen LogP contribution in [0.2, 0.25) is 0 Å². The van der Waals surface area contributed by atoms with Gasteiger partial charge in [-0.2, -0.15) is 0 Å². The zero-order chi connectivity index (χ0) is 21.9. The van der Waals surface area contributed by atoms with Crippen LogP contribution in [0, 0.1) is 0 Å². The number of hydrogen-bond donors (Lipinski definition) is 4. The minimum Gasteiger partial charge on any atom is -0.317 e. The van der Waals surface area contributed by atoms with Crippen molar-refractivity contribution >= 4 is 0 Å². The molecule has 0 rings (SSSR count). The van der Waals surface area contributed by atoms with Gasteiger partial charge in [-0.3, -0.25) is 0 Å². The molecule has 0 aliphatic rings. The average Bonchev–Trinajstić information content (AvgIpc) is 2.52. The highest BCUT2D eigenvalue weighted by atomic mass is 14.9. The van der Waals surface area contributed by atoms with Gasteiger partial charge in [0, 0.05) is 13.7 Å². The van der Waals surface area contributed by atoms with E-state index in [2.05, 4.69) is 21.3 Å². The summed E-state index contributed by atoms with van der Waals surface area (Å²) in [4.78, 5) is 0. The van der Waals surface area contributed by atoms with Crippen molar-refractivity contribution in [3.63, 3.8) is 0 Å². The molecule has 0 amide bonds. The predicted molar refractivity (Wildman–Crippen MR) is 81.3 cm³/mol. The van der Waals surface area contributed by atoms with Gasteiger partial charge in [-0.15, -0.1) is 0 Å². The van der Waals surface area contributed by atoms with Crippen LogP contribution in [0.5, 0.6) is 0 Å². The summed E-state index contributed by atoms with van der Waals surface area (Å²) in [5.74, 6) is 0. The van der Waals surface area contributed by atoms with E-state index < -0.39 is 26.7 Å². The molecule has 110 valence electrons. The summed E-state index contributed by atoms with van der Waals surface area (Å²) in [6.07, 6.45) is 3.17. The number of nitrogens with one attached hydrogen (secondary N) is 4. The highest BCUT2D eigenvalue weighted by Gasteiger charge is 1.91. The molecule has 0 aliphatic heterocycles. The molecular weight excluding hydrogens is 224 g/mol. The van der Waals surface area contributed by atoms with Crippen LogP contribution in [0.15, 0.2) is 0 Å². The summed E-state index contributed by atoms with van der Waals surface area (Å²) in [6, 6.07) is 0. The first-order chi connectivity index (χ1) is 12.7. The Kier molecular flexibility index (Phi) is 6.57. The smallest absolute Gasteiger partial charge is 0.0425 e. The van der Waals surface area contributed by atoms with Crippen LogP contribution in [0.3, 0.4) is 0 Å². The molecule has 0 aromatic rings. The van der Waals surface area contributed by atoms with Gasteiger partial charge in [0.25, 0.3) is 0 Å². The van der Waals surface area contributed by atoms with Crippen LogP contribution < -0.4 is 21.3 Å². The van der Waals surface area contributed by atoms with Gasteiger partial charge in [0.05, 0.1) is 0 Å². The van der Waals surface area contributed by atoms with Crippen molar-refractivity contribution in [2.75, 3.05) is 52.3 Å². The lowest BCUT2D eigenvalue weighted by Gasteiger charge is -2.06. The minimum absolute atomic E-state index is 0.285. The molecule has 0 fully saturated rings. The largest absolute Gasteiger partial charge is 0.317 e. The Morgan fingerprint density at radius 3 is 1.44 bits per heavy atom. The molecular formula is C14H34N4. The second-order valence-corrected chi connectivity index (χ2v) is 4.02. The topological polar surface area (TPSA) is 48.1 Å². The van der Waals surface area contributed by atoms with Crippen molar-refractivity contribution in [3.05, 3.63) is 0 Å². The van der Waals surface area contributed by atoms with E-state index in [0.717, 1.165) is 25.9 Å². The third kappa shape index (κ3) is 15.8. The highest BCUT2D eigenvalue weighted by Crippen LogP contribution is 1.85. The van der Waals surface area contributed by atoms with Crippen LogP contribution in [-0.4, -0.2) is 52.3 Å². The second kappa shape index (κ2) is 16.8. The molecule has 0 saturated carbocycles. The summed E-state index contributed by atoms with van der Waals surface area (Å²) in [5, 5.41) is 11.3. The molecule has 0 unspecified atom stereocenters. The first-order valence-electron chi connectivity index (χ1n) is 11.6.